The van der Waals surface area contributed by atoms with Crippen LogP contribution in [0.15, 0.2) is 54.6 Å². The normalized spacial score (nSPS) is 18.8. The van der Waals surface area contributed by atoms with Gasteiger partial charge in [0.25, 0.3) is 0 Å². The van der Waals surface area contributed by atoms with Crippen molar-refractivity contribution < 1.29 is 13.9 Å². The summed E-state index contributed by atoms with van der Waals surface area (Å²) < 4.78 is 18.5. The van der Waals surface area contributed by atoms with Crippen LogP contribution in [-0.2, 0) is 16.1 Å². The lowest BCUT2D eigenvalue weighted by Crippen LogP contribution is -2.42. The minimum atomic E-state index is -0.272. The van der Waals surface area contributed by atoms with Crippen molar-refractivity contribution in [1.29, 1.82) is 0 Å². The molecule has 1 amide bonds. The molecule has 0 aliphatic carbocycles. The minimum absolute atomic E-state index is 0.0165. The summed E-state index contributed by atoms with van der Waals surface area (Å²) in [6.45, 7) is 1.12. The fourth-order valence-electron chi connectivity index (χ4n) is 2.45. The van der Waals surface area contributed by atoms with E-state index in [9.17, 15) is 9.18 Å². The van der Waals surface area contributed by atoms with Crippen LogP contribution < -0.4 is 0 Å². The van der Waals surface area contributed by atoms with Crippen molar-refractivity contribution in [3.8, 4) is 0 Å². The van der Waals surface area contributed by atoms with Crippen molar-refractivity contribution in [2.75, 3.05) is 13.2 Å². The predicted molar refractivity (Wildman–Crippen MR) is 77.0 cm³/mol. The maximum absolute atomic E-state index is 13.0. The molecule has 3 nitrogen and oxygen atoms in total. The average molecular weight is 285 g/mol. The lowest BCUT2D eigenvalue weighted by atomic mass is 10.1. The van der Waals surface area contributed by atoms with Crippen LogP contribution >= 0.6 is 0 Å². The molecule has 3 rings (SSSR count). The van der Waals surface area contributed by atoms with Gasteiger partial charge in [-0.05, 0) is 23.3 Å². The Kier molecular flexibility index (Phi) is 3.97. The highest BCUT2D eigenvalue weighted by Crippen LogP contribution is 2.24. The van der Waals surface area contributed by atoms with Crippen LogP contribution in [0.1, 0.15) is 17.2 Å². The maximum Gasteiger partial charge on any atom is 0.249 e. The van der Waals surface area contributed by atoms with Gasteiger partial charge in [-0.2, -0.15) is 0 Å². The topological polar surface area (TPSA) is 29.5 Å². The number of ether oxygens (including phenoxy) is 1. The van der Waals surface area contributed by atoms with Gasteiger partial charge >= 0.3 is 0 Å². The van der Waals surface area contributed by atoms with E-state index in [1.807, 2.05) is 30.3 Å². The molecule has 1 fully saturated rings. The number of rotatable bonds is 3. The Morgan fingerprint density at radius 3 is 2.52 bits per heavy atom. The molecule has 0 unspecified atom stereocenters. The summed E-state index contributed by atoms with van der Waals surface area (Å²) in [5.41, 5.74) is 1.98. The number of hydrogen-bond acceptors (Lipinski definition) is 2. The van der Waals surface area contributed by atoms with Gasteiger partial charge in [0.15, 0.2) is 0 Å². The molecule has 0 spiro atoms. The van der Waals surface area contributed by atoms with Crippen LogP contribution in [0, 0.1) is 5.82 Å². The van der Waals surface area contributed by atoms with E-state index in [2.05, 4.69) is 0 Å². The molecular weight excluding hydrogens is 269 g/mol. The second kappa shape index (κ2) is 6.06. The molecule has 1 aliphatic heterocycles. The largest absolute Gasteiger partial charge is 0.362 e. The molecule has 0 saturated carbocycles. The number of nitrogens with zero attached hydrogens (tertiary/aromatic N) is 1. The lowest BCUT2D eigenvalue weighted by Gasteiger charge is -2.33. The number of carbonyl (C=O) groups is 1. The zero-order chi connectivity index (χ0) is 14.7. The van der Waals surface area contributed by atoms with E-state index >= 15 is 0 Å². The molecule has 0 N–H and O–H groups in total. The van der Waals surface area contributed by atoms with Crippen molar-refractivity contribution in [3.63, 3.8) is 0 Å². The fourth-order valence-corrected chi connectivity index (χ4v) is 2.45. The molecular formula is C17H16FNO2. The lowest BCUT2D eigenvalue weighted by molar-refractivity contribution is -0.150. The molecule has 0 aromatic heterocycles. The quantitative estimate of drug-likeness (QED) is 0.868. The highest BCUT2D eigenvalue weighted by molar-refractivity contribution is 5.78. The Bertz CT molecular complexity index is 612. The summed E-state index contributed by atoms with van der Waals surface area (Å²) in [5, 5.41) is 0. The van der Waals surface area contributed by atoms with Gasteiger partial charge in [-0.25, -0.2) is 4.39 Å². The molecule has 0 bridgehead atoms. The van der Waals surface area contributed by atoms with Gasteiger partial charge in [0, 0.05) is 6.54 Å². The van der Waals surface area contributed by atoms with Gasteiger partial charge in [-0.15, -0.1) is 0 Å². The summed E-state index contributed by atoms with van der Waals surface area (Å²) in [5.74, 6) is -0.288. The Morgan fingerprint density at radius 2 is 1.81 bits per heavy atom. The van der Waals surface area contributed by atoms with Crippen molar-refractivity contribution in [1.82, 2.24) is 4.90 Å². The second-order valence-electron chi connectivity index (χ2n) is 5.11. The summed E-state index contributed by atoms with van der Waals surface area (Å²) in [7, 11) is 0. The molecule has 0 radical (unpaired) electrons. The van der Waals surface area contributed by atoms with E-state index in [-0.39, 0.29) is 24.4 Å². The van der Waals surface area contributed by atoms with Crippen molar-refractivity contribution >= 4 is 5.91 Å². The van der Waals surface area contributed by atoms with Crippen LogP contribution in [0.25, 0.3) is 0 Å². The van der Waals surface area contributed by atoms with Gasteiger partial charge in [-0.3, -0.25) is 4.79 Å². The first-order valence-corrected chi connectivity index (χ1v) is 6.91. The first-order valence-electron chi connectivity index (χ1n) is 6.91. The minimum Gasteiger partial charge on any atom is -0.362 e. The predicted octanol–water partition coefficient (Wildman–Crippen LogP) is 2.93. The summed E-state index contributed by atoms with van der Waals surface area (Å²) in [6, 6.07) is 16.1. The van der Waals surface area contributed by atoms with E-state index in [4.69, 9.17) is 4.74 Å². The van der Waals surface area contributed by atoms with Crippen LogP contribution in [0.5, 0.6) is 0 Å². The Morgan fingerprint density at radius 1 is 1.10 bits per heavy atom. The monoisotopic (exact) mass is 285 g/mol. The number of hydrogen-bond donors (Lipinski definition) is 0. The standard InChI is InChI=1S/C17H16FNO2/c18-15-8-6-14(7-9-15)16-11-19(17(20)12-21-16)10-13-4-2-1-3-5-13/h1-9,16H,10-12H2/t16-/m0/s1. The van der Waals surface area contributed by atoms with Crippen molar-refractivity contribution in [3.05, 3.63) is 71.5 Å². The maximum atomic E-state index is 13.0. The van der Waals surface area contributed by atoms with Crippen LogP contribution in [-0.4, -0.2) is 24.0 Å². The van der Waals surface area contributed by atoms with Gasteiger partial charge in [0.05, 0.1) is 6.54 Å². The first-order chi connectivity index (χ1) is 10.2. The number of morpholine rings is 1. The van der Waals surface area contributed by atoms with Gasteiger partial charge in [-0.1, -0.05) is 42.5 Å². The van der Waals surface area contributed by atoms with E-state index in [0.717, 1.165) is 11.1 Å². The Balaban J connectivity index is 1.72. The molecule has 108 valence electrons. The Labute approximate surface area is 123 Å². The van der Waals surface area contributed by atoms with Gasteiger partial charge in [0.1, 0.15) is 18.5 Å². The van der Waals surface area contributed by atoms with Crippen LogP contribution in [0.4, 0.5) is 4.39 Å². The fraction of sp³-hybridized carbons (Fsp3) is 0.235. The molecule has 1 aliphatic rings. The number of halogens is 1. The van der Waals surface area contributed by atoms with Crippen LogP contribution in [0.3, 0.4) is 0 Å². The summed E-state index contributed by atoms with van der Waals surface area (Å²) >= 11 is 0. The summed E-state index contributed by atoms with van der Waals surface area (Å²) in [6.07, 6.45) is -0.202. The number of carbonyl (C=O) groups excluding carboxylic acids is 1. The molecule has 4 heteroatoms. The molecule has 21 heavy (non-hydrogen) atoms. The molecule has 1 atom stereocenters. The highest BCUT2D eigenvalue weighted by Gasteiger charge is 2.27. The van der Waals surface area contributed by atoms with E-state index < -0.39 is 0 Å². The first kappa shape index (κ1) is 13.8. The summed E-state index contributed by atoms with van der Waals surface area (Å²) in [4.78, 5) is 13.8. The SMILES string of the molecule is O=C1CO[C@H](c2ccc(F)cc2)CN1Cc1ccccc1. The molecule has 1 heterocycles. The molecule has 2 aromatic carbocycles. The number of benzene rings is 2. The highest BCUT2D eigenvalue weighted by atomic mass is 19.1. The van der Waals surface area contributed by atoms with Crippen LogP contribution in [0.2, 0.25) is 0 Å². The van der Waals surface area contributed by atoms with Crippen molar-refractivity contribution in [2.45, 2.75) is 12.6 Å². The third kappa shape index (κ3) is 3.28. The third-order valence-corrected chi connectivity index (χ3v) is 3.60. The Hall–Kier alpha value is -2.20. The van der Waals surface area contributed by atoms with E-state index in [1.165, 1.54) is 12.1 Å². The van der Waals surface area contributed by atoms with Gasteiger partial charge < -0.3 is 9.64 Å². The van der Waals surface area contributed by atoms with E-state index in [0.29, 0.717) is 13.1 Å². The van der Waals surface area contributed by atoms with E-state index in [1.54, 1.807) is 17.0 Å². The van der Waals surface area contributed by atoms with Gasteiger partial charge in [0.2, 0.25) is 5.91 Å². The third-order valence-electron chi connectivity index (χ3n) is 3.60. The molecule has 2 aromatic rings. The number of amides is 1. The molecule has 1 saturated heterocycles. The smallest absolute Gasteiger partial charge is 0.249 e. The average Bonchev–Trinajstić information content (AvgIpc) is 2.51. The zero-order valence-electron chi connectivity index (χ0n) is 11.5. The zero-order valence-corrected chi connectivity index (χ0v) is 11.5. The van der Waals surface area contributed by atoms with Crippen molar-refractivity contribution in [2.24, 2.45) is 0 Å². The second-order valence-corrected chi connectivity index (χ2v) is 5.11.